The summed E-state index contributed by atoms with van der Waals surface area (Å²) in [7, 11) is 0. The summed E-state index contributed by atoms with van der Waals surface area (Å²) in [6.45, 7) is 3.51. The van der Waals surface area contributed by atoms with E-state index in [9.17, 15) is 9.59 Å². The van der Waals surface area contributed by atoms with Gasteiger partial charge in [0.05, 0.1) is 5.52 Å². The molecule has 0 saturated heterocycles. The highest BCUT2D eigenvalue weighted by Gasteiger charge is 2.07. The summed E-state index contributed by atoms with van der Waals surface area (Å²) in [5.41, 5.74) is 0.0544. The number of hydrogen-bond acceptors (Lipinski definition) is 4. The van der Waals surface area contributed by atoms with Crippen molar-refractivity contribution in [3.05, 3.63) is 32.3 Å². The molecule has 2 aromatic heterocycles. The molecule has 2 rings (SSSR count). The van der Waals surface area contributed by atoms with E-state index < -0.39 is 0 Å². The first-order chi connectivity index (χ1) is 8.24. The molecule has 2 aromatic rings. The minimum Gasteiger partial charge on any atom is -0.382 e. The van der Waals surface area contributed by atoms with Crippen LogP contribution in [0, 0.1) is 0 Å². The summed E-state index contributed by atoms with van der Waals surface area (Å²) < 4.78 is 7.01. The molecule has 0 saturated carbocycles. The first kappa shape index (κ1) is 12.1. The number of fused-ring (bicyclic) bond motifs is 1. The van der Waals surface area contributed by atoms with E-state index in [-0.39, 0.29) is 11.2 Å². The molecule has 0 fully saturated rings. The maximum atomic E-state index is 12.0. The Labute approximate surface area is 102 Å². The normalized spacial score (nSPS) is 11.1. The number of ether oxygens (including phenoxy) is 1. The lowest BCUT2D eigenvalue weighted by molar-refractivity contribution is 0.141. The van der Waals surface area contributed by atoms with Gasteiger partial charge in [-0.1, -0.05) is 0 Å². The smallest absolute Gasteiger partial charge is 0.328 e. The zero-order valence-corrected chi connectivity index (χ0v) is 10.4. The number of nitrogens with zero attached hydrogens (tertiary/aromatic N) is 1. The van der Waals surface area contributed by atoms with Gasteiger partial charge in [0.2, 0.25) is 0 Å². The molecule has 1 N–H and O–H groups in total. The van der Waals surface area contributed by atoms with E-state index in [2.05, 4.69) is 4.98 Å². The number of aromatic nitrogens is 2. The van der Waals surface area contributed by atoms with Crippen LogP contribution in [-0.2, 0) is 11.3 Å². The molecule has 0 amide bonds. The van der Waals surface area contributed by atoms with Gasteiger partial charge in [-0.05, 0) is 24.8 Å². The van der Waals surface area contributed by atoms with Crippen LogP contribution in [0.4, 0.5) is 0 Å². The fraction of sp³-hybridized carbons (Fsp3) is 0.455. The van der Waals surface area contributed by atoms with E-state index in [1.807, 2.05) is 6.92 Å². The number of nitrogens with one attached hydrogen (secondary N) is 1. The van der Waals surface area contributed by atoms with Crippen molar-refractivity contribution in [3.63, 3.8) is 0 Å². The standard InChI is InChI=1S/C11H14N2O3S/c1-2-16-6-3-5-13-10(14)9-8(4-7-17-9)12-11(13)15/h4,7H,2-3,5-6H2,1H3,(H,12,15). The zero-order valence-electron chi connectivity index (χ0n) is 9.56. The van der Waals surface area contributed by atoms with E-state index in [1.54, 1.807) is 11.4 Å². The molecule has 2 heterocycles. The highest BCUT2D eigenvalue weighted by atomic mass is 32.1. The van der Waals surface area contributed by atoms with E-state index in [1.165, 1.54) is 15.9 Å². The molecule has 0 aliphatic heterocycles. The van der Waals surface area contributed by atoms with Crippen LogP contribution in [0.2, 0.25) is 0 Å². The third-order valence-corrected chi connectivity index (χ3v) is 3.37. The van der Waals surface area contributed by atoms with Gasteiger partial charge >= 0.3 is 5.69 Å². The van der Waals surface area contributed by atoms with Crippen molar-refractivity contribution in [2.75, 3.05) is 13.2 Å². The zero-order chi connectivity index (χ0) is 12.3. The largest absolute Gasteiger partial charge is 0.382 e. The quantitative estimate of drug-likeness (QED) is 0.815. The van der Waals surface area contributed by atoms with E-state index in [0.717, 1.165) is 0 Å². The molecule has 0 aliphatic rings. The highest BCUT2D eigenvalue weighted by Crippen LogP contribution is 2.11. The van der Waals surface area contributed by atoms with E-state index in [0.29, 0.717) is 36.4 Å². The van der Waals surface area contributed by atoms with Gasteiger partial charge in [-0.3, -0.25) is 9.36 Å². The number of hydrogen-bond donors (Lipinski definition) is 1. The Balaban J connectivity index is 2.27. The van der Waals surface area contributed by atoms with Crippen LogP contribution in [0.3, 0.4) is 0 Å². The maximum absolute atomic E-state index is 12.0. The van der Waals surface area contributed by atoms with Crippen molar-refractivity contribution in [1.82, 2.24) is 9.55 Å². The van der Waals surface area contributed by atoms with Gasteiger partial charge < -0.3 is 9.72 Å². The van der Waals surface area contributed by atoms with E-state index in [4.69, 9.17) is 4.74 Å². The molecule has 0 spiro atoms. The van der Waals surface area contributed by atoms with Crippen molar-refractivity contribution >= 4 is 21.6 Å². The lowest BCUT2D eigenvalue weighted by Gasteiger charge is -2.04. The van der Waals surface area contributed by atoms with Crippen LogP contribution in [0.1, 0.15) is 13.3 Å². The van der Waals surface area contributed by atoms with Crippen LogP contribution in [0.15, 0.2) is 21.0 Å². The number of H-pyrrole nitrogens is 1. The lowest BCUT2D eigenvalue weighted by atomic mass is 10.4. The molecular formula is C11H14N2O3S. The monoisotopic (exact) mass is 254 g/mol. The molecule has 0 unspecified atom stereocenters. The number of aromatic amines is 1. The summed E-state index contributed by atoms with van der Waals surface area (Å²) in [4.78, 5) is 26.4. The molecule has 92 valence electrons. The topological polar surface area (TPSA) is 64.1 Å². The summed E-state index contributed by atoms with van der Waals surface area (Å²) in [6.07, 6.45) is 0.660. The first-order valence-corrected chi connectivity index (χ1v) is 6.40. The van der Waals surface area contributed by atoms with Gasteiger partial charge in [-0.25, -0.2) is 4.79 Å². The van der Waals surface area contributed by atoms with Gasteiger partial charge in [0.25, 0.3) is 5.56 Å². The third kappa shape index (κ3) is 2.48. The van der Waals surface area contributed by atoms with Crippen molar-refractivity contribution in [3.8, 4) is 0 Å². The number of rotatable bonds is 5. The van der Waals surface area contributed by atoms with E-state index >= 15 is 0 Å². The Bertz CT molecular complexity index is 611. The Hall–Kier alpha value is -1.40. The molecule has 5 nitrogen and oxygen atoms in total. The second-order valence-electron chi connectivity index (χ2n) is 3.60. The Morgan fingerprint density at radius 2 is 2.29 bits per heavy atom. The lowest BCUT2D eigenvalue weighted by Crippen LogP contribution is -2.34. The Morgan fingerprint density at radius 1 is 1.47 bits per heavy atom. The Kier molecular flexibility index (Phi) is 3.75. The third-order valence-electron chi connectivity index (χ3n) is 2.47. The van der Waals surface area contributed by atoms with Crippen LogP contribution in [0.25, 0.3) is 10.2 Å². The Morgan fingerprint density at radius 3 is 3.06 bits per heavy atom. The minimum atomic E-state index is -0.350. The van der Waals surface area contributed by atoms with Gasteiger partial charge in [0, 0.05) is 19.8 Å². The molecule has 0 radical (unpaired) electrons. The molecule has 17 heavy (non-hydrogen) atoms. The van der Waals surface area contributed by atoms with Crippen LogP contribution in [0.5, 0.6) is 0 Å². The van der Waals surface area contributed by atoms with Crippen molar-refractivity contribution in [1.29, 1.82) is 0 Å². The number of thiophene rings is 1. The average Bonchev–Trinajstić information content (AvgIpc) is 2.76. The van der Waals surface area contributed by atoms with Crippen molar-refractivity contribution < 1.29 is 4.74 Å². The maximum Gasteiger partial charge on any atom is 0.328 e. The molecule has 0 aliphatic carbocycles. The molecular weight excluding hydrogens is 240 g/mol. The predicted octanol–water partition coefficient (Wildman–Crippen LogP) is 1.18. The first-order valence-electron chi connectivity index (χ1n) is 5.52. The SMILES string of the molecule is CCOCCCn1c(=O)[nH]c2ccsc2c1=O. The van der Waals surface area contributed by atoms with Gasteiger partial charge in [0.1, 0.15) is 4.70 Å². The fourth-order valence-electron chi connectivity index (χ4n) is 1.64. The van der Waals surface area contributed by atoms with Gasteiger partial charge in [0.15, 0.2) is 0 Å². The van der Waals surface area contributed by atoms with Gasteiger partial charge in [-0.15, -0.1) is 11.3 Å². The second kappa shape index (κ2) is 5.29. The fourth-order valence-corrected chi connectivity index (χ4v) is 2.44. The van der Waals surface area contributed by atoms with Crippen molar-refractivity contribution in [2.45, 2.75) is 19.9 Å². The summed E-state index contributed by atoms with van der Waals surface area (Å²) >= 11 is 1.35. The minimum absolute atomic E-state index is 0.213. The van der Waals surface area contributed by atoms with Crippen LogP contribution in [-0.4, -0.2) is 22.8 Å². The molecule has 0 aromatic carbocycles. The van der Waals surface area contributed by atoms with Crippen LogP contribution >= 0.6 is 11.3 Å². The molecule has 6 heteroatoms. The summed E-state index contributed by atoms with van der Waals surface area (Å²) in [5.74, 6) is 0. The van der Waals surface area contributed by atoms with Gasteiger partial charge in [-0.2, -0.15) is 0 Å². The average molecular weight is 254 g/mol. The van der Waals surface area contributed by atoms with Crippen molar-refractivity contribution in [2.24, 2.45) is 0 Å². The molecule has 0 atom stereocenters. The predicted molar refractivity (Wildman–Crippen MR) is 67.8 cm³/mol. The van der Waals surface area contributed by atoms with Crippen LogP contribution < -0.4 is 11.2 Å². The summed E-state index contributed by atoms with van der Waals surface area (Å²) in [6, 6.07) is 1.74. The highest BCUT2D eigenvalue weighted by molar-refractivity contribution is 7.17. The summed E-state index contributed by atoms with van der Waals surface area (Å²) in [5, 5.41) is 1.80. The second-order valence-corrected chi connectivity index (χ2v) is 4.52. The molecule has 0 bridgehead atoms.